The maximum absolute atomic E-state index is 10.7. The van der Waals surface area contributed by atoms with Crippen molar-refractivity contribution in [3.63, 3.8) is 0 Å². The number of aromatic nitrogens is 4. The van der Waals surface area contributed by atoms with Gasteiger partial charge >= 0.3 is 0 Å². The zero-order chi connectivity index (χ0) is 23.1. The number of nitrogens with one attached hydrogen (secondary N) is 1. The van der Waals surface area contributed by atoms with Gasteiger partial charge in [-0.2, -0.15) is 0 Å². The predicted molar refractivity (Wildman–Crippen MR) is 125 cm³/mol. The van der Waals surface area contributed by atoms with Crippen molar-refractivity contribution in [3.05, 3.63) is 58.4 Å². The van der Waals surface area contributed by atoms with Gasteiger partial charge in [0.05, 0.1) is 27.8 Å². The smallest absolute Gasteiger partial charge is 0.203 e. The number of rotatable bonds is 5. The highest BCUT2D eigenvalue weighted by atomic mass is 79.9. The molecule has 10 nitrogen and oxygen atoms in total. The Morgan fingerprint density at radius 1 is 1.27 bits per heavy atom. The number of H-pyrrole nitrogens is 1. The molecule has 5 N–H and O–H groups in total. The fourth-order valence-electron chi connectivity index (χ4n) is 4.24. The van der Waals surface area contributed by atoms with Gasteiger partial charge in [-0.25, -0.2) is 9.97 Å². The van der Waals surface area contributed by atoms with Crippen molar-refractivity contribution in [1.29, 1.82) is 0 Å². The van der Waals surface area contributed by atoms with E-state index in [1.165, 1.54) is 13.4 Å². The second-order valence-electron chi connectivity index (χ2n) is 7.95. The van der Waals surface area contributed by atoms with Crippen LogP contribution >= 0.6 is 15.9 Å². The monoisotopic (exact) mass is 514 g/mol. The summed E-state index contributed by atoms with van der Waals surface area (Å²) in [6.07, 6.45) is 1.02. The van der Waals surface area contributed by atoms with Crippen LogP contribution in [-0.2, 0) is 16.0 Å². The van der Waals surface area contributed by atoms with Crippen LogP contribution in [0.5, 0.6) is 0 Å². The molecule has 0 spiro atoms. The Bertz CT molecular complexity index is 1390. The van der Waals surface area contributed by atoms with Crippen molar-refractivity contribution in [2.24, 2.45) is 5.16 Å². The number of benzene rings is 1. The van der Waals surface area contributed by atoms with Crippen LogP contribution in [-0.4, -0.2) is 55.2 Å². The lowest BCUT2D eigenvalue weighted by atomic mass is 10.0. The zero-order valence-electron chi connectivity index (χ0n) is 17.7. The molecule has 0 saturated carbocycles. The summed E-state index contributed by atoms with van der Waals surface area (Å²) in [6, 6.07) is 9.73. The van der Waals surface area contributed by atoms with E-state index in [1.807, 2.05) is 24.3 Å². The number of aliphatic hydroxyl groups excluding tert-OH is 2. The van der Waals surface area contributed by atoms with Crippen molar-refractivity contribution in [2.45, 2.75) is 37.4 Å². The van der Waals surface area contributed by atoms with E-state index in [-0.39, 0.29) is 0 Å². The van der Waals surface area contributed by atoms with Crippen LogP contribution in [0, 0.1) is 0 Å². The van der Waals surface area contributed by atoms with Crippen molar-refractivity contribution in [2.75, 3.05) is 12.8 Å². The van der Waals surface area contributed by atoms with E-state index in [4.69, 9.17) is 15.3 Å². The summed E-state index contributed by atoms with van der Waals surface area (Å²) in [6.45, 7) is 0. The van der Waals surface area contributed by atoms with Gasteiger partial charge in [-0.15, -0.1) is 0 Å². The van der Waals surface area contributed by atoms with E-state index in [1.54, 1.807) is 16.8 Å². The molecule has 1 aromatic carbocycles. The Morgan fingerprint density at radius 2 is 2.12 bits per heavy atom. The number of hydrogen-bond acceptors (Lipinski definition) is 8. The minimum atomic E-state index is -1.09. The first-order valence-electron chi connectivity index (χ1n) is 10.4. The first-order valence-corrected chi connectivity index (χ1v) is 11.2. The molecule has 0 radical (unpaired) electrons. The van der Waals surface area contributed by atoms with E-state index in [2.05, 4.69) is 36.0 Å². The lowest BCUT2D eigenvalue weighted by Gasteiger charge is -2.17. The summed E-state index contributed by atoms with van der Waals surface area (Å²) in [7, 11) is 1.45. The summed E-state index contributed by atoms with van der Waals surface area (Å²) in [5.74, 6) is 0.438. The van der Waals surface area contributed by atoms with Gasteiger partial charge in [-0.1, -0.05) is 17.3 Å². The molecule has 1 aliphatic rings. The van der Waals surface area contributed by atoms with Crippen molar-refractivity contribution in [3.8, 4) is 0 Å². The van der Waals surface area contributed by atoms with Gasteiger partial charge < -0.3 is 35.1 Å². The van der Waals surface area contributed by atoms with Gasteiger partial charge in [0.1, 0.15) is 30.8 Å². The number of halogens is 1. The van der Waals surface area contributed by atoms with Gasteiger partial charge in [-0.3, -0.25) is 0 Å². The number of aromatic amines is 1. The SMILES string of the molecule is CON=c1nc[nH]c2c1ccn2[C@@H]1O[C@H](CCc2ccc3cc(Br)c(N)nc3c2)[C@@H](O)[C@H]1O. The third-order valence-corrected chi connectivity index (χ3v) is 6.55. The third kappa shape index (κ3) is 3.97. The van der Waals surface area contributed by atoms with E-state index in [0.29, 0.717) is 35.2 Å². The van der Waals surface area contributed by atoms with E-state index in [9.17, 15) is 10.2 Å². The second-order valence-corrected chi connectivity index (χ2v) is 8.81. The first-order chi connectivity index (χ1) is 16.0. The molecule has 1 fully saturated rings. The number of pyridine rings is 1. The minimum absolute atomic E-state index is 0.409. The molecule has 1 saturated heterocycles. The van der Waals surface area contributed by atoms with Crippen LogP contribution in [0.25, 0.3) is 21.9 Å². The van der Waals surface area contributed by atoms with E-state index >= 15 is 0 Å². The van der Waals surface area contributed by atoms with Gasteiger partial charge in [0, 0.05) is 11.6 Å². The molecular formula is C22H23BrN6O4. The molecule has 4 aromatic rings. The quantitative estimate of drug-likeness (QED) is 0.298. The maximum Gasteiger partial charge on any atom is 0.203 e. The number of nitrogens with zero attached hydrogens (tertiary/aromatic N) is 4. The van der Waals surface area contributed by atoms with Gasteiger partial charge in [0.25, 0.3) is 0 Å². The Labute approximate surface area is 196 Å². The van der Waals surface area contributed by atoms with Crippen LogP contribution in [0.2, 0.25) is 0 Å². The summed E-state index contributed by atoms with van der Waals surface area (Å²) >= 11 is 3.40. The highest BCUT2D eigenvalue weighted by Crippen LogP contribution is 2.33. The fourth-order valence-corrected chi connectivity index (χ4v) is 4.57. The summed E-state index contributed by atoms with van der Waals surface area (Å²) in [5.41, 5.74) is 8.82. The maximum atomic E-state index is 10.7. The van der Waals surface area contributed by atoms with Crippen LogP contribution < -0.4 is 11.2 Å². The number of nitrogens with two attached hydrogens (primary N) is 1. The van der Waals surface area contributed by atoms with Crippen LogP contribution in [0.1, 0.15) is 18.2 Å². The van der Waals surface area contributed by atoms with Gasteiger partial charge in [0.2, 0.25) is 5.49 Å². The average molecular weight is 515 g/mol. The lowest BCUT2D eigenvalue weighted by Crippen LogP contribution is -2.31. The number of aryl methyl sites for hydroxylation is 1. The van der Waals surface area contributed by atoms with Crippen molar-refractivity contribution < 1.29 is 19.8 Å². The zero-order valence-corrected chi connectivity index (χ0v) is 19.3. The fraction of sp³-hybridized carbons (Fsp3) is 0.318. The summed E-state index contributed by atoms with van der Waals surface area (Å²) in [4.78, 5) is 16.5. The topological polar surface area (TPSA) is 144 Å². The summed E-state index contributed by atoms with van der Waals surface area (Å²) in [5, 5.41) is 27.0. The first kappa shape index (κ1) is 21.8. The molecule has 11 heteroatoms. The standard InChI is InChI=1S/C22H23BrN6O4/c1-32-28-20-13-6-7-29(21(13)26-10-25-20)22-18(31)17(30)16(33-22)5-3-11-2-4-12-9-14(23)19(24)27-15(12)8-11/h2,4,6-10,16-18,22,30-31H,3,5H2,1H3,(H2,24,27)(H,25,26,28)/t16-,17-,18-,22-/m1/s1. The number of anilines is 1. The molecule has 33 heavy (non-hydrogen) atoms. The second kappa shape index (κ2) is 8.75. The highest BCUT2D eigenvalue weighted by Gasteiger charge is 2.43. The normalized spacial score (nSPS) is 23.6. The Balaban J connectivity index is 1.35. The predicted octanol–water partition coefficient (Wildman–Crippen LogP) is 1.97. The van der Waals surface area contributed by atoms with Crippen LogP contribution in [0.15, 0.2) is 52.5 Å². The molecule has 172 valence electrons. The molecule has 5 rings (SSSR count). The highest BCUT2D eigenvalue weighted by molar-refractivity contribution is 9.10. The average Bonchev–Trinajstić information content (AvgIpc) is 3.35. The Hall–Kier alpha value is -2.99. The number of fused-ring (bicyclic) bond motifs is 2. The molecule has 4 atom stereocenters. The number of aliphatic hydroxyl groups is 2. The van der Waals surface area contributed by atoms with Crippen LogP contribution in [0.3, 0.4) is 0 Å². The number of hydrogen-bond donors (Lipinski definition) is 4. The van der Waals surface area contributed by atoms with Crippen molar-refractivity contribution >= 4 is 43.7 Å². The van der Waals surface area contributed by atoms with Gasteiger partial charge in [0.15, 0.2) is 6.23 Å². The van der Waals surface area contributed by atoms with Crippen LogP contribution in [0.4, 0.5) is 5.82 Å². The molecule has 4 heterocycles. The van der Waals surface area contributed by atoms with Gasteiger partial charge in [-0.05, 0) is 52.5 Å². The Morgan fingerprint density at radius 3 is 2.94 bits per heavy atom. The molecule has 0 bridgehead atoms. The largest absolute Gasteiger partial charge is 0.397 e. The van der Waals surface area contributed by atoms with E-state index in [0.717, 1.165) is 20.9 Å². The molecule has 0 aliphatic carbocycles. The molecule has 1 aliphatic heterocycles. The lowest BCUT2D eigenvalue weighted by molar-refractivity contribution is -0.0364. The number of ether oxygens (including phenoxy) is 1. The molecule has 3 aromatic heterocycles. The molecule has 0 unspecified atom stereocenters. The molecular weight excluding hydrogens is 492 g/mol. The number of nitrogen functional groups attached to an aromatic ring is 1. The van der Waals surface area contributed by atoms with E-state index < -0.39 is 24.5 Å². The Kier molecular flexibility index (Phi) is 5.79. The molecule has 0 amide bonds. The summed E-state index contributed by atoms with van der Waals surface area (Å²) < 4.78 is 8.60. The van der Waals surface area contributed by atoms with Crippen molar-refractivity contribution in [1.82, 2.24) is 19.5 Å². The minimum Gasteiger partial charge on any atom is -0.397 e. The third-order valence-electron chi connectivity index (χ3n) is 5.91.